The minimum absolute atomic E-state index is 0.0544. The van der Waals surface area contributed by atoms with Gasteiger partial charge in [-0.3, -0.25) is 10.1 Å². The fraction of sp³-hybridized carbons (Fsp3) is 0.154. The van der Waals surface area contributed by atoms with Crippen LogP contribution in [0.3, 0.4) is 0 Å². The Labute approximate surface area is 115 Å². The Balaban J connectivity index is 2.56. The minimum atomic E-state index is -0.406. The molecule has 2 rings (SSSR count). The molecule has 98 valence electrons. The van der Waals surface area contributed by atoms with Gasteiger partial charge in [0.25, 0.3) is 10.9 Å². The van der Waals surface area contributed by atoms with Crippen LogP contribution < -0.4 is 4.74 Å². The molecule has 0 aliphatic rings. The molecule has 2 aromatic rings. The number of ether oxygens (including phenoxy) is 1. The molecule has 0 aliphatic carbocycles. The SMILES string of the molecule is CN(C)C(=S)Oc1ccc([N+](=O)[O-])c2ccccc12. The summed E-state index contributed by atoms with van der Waals surface area (Å²) in [7, 11) is 3.55. The third kappa shape index (κ3) is 2.63. The Morgan fingerprint density at radius 3 is 2.42 bits per heavy atom. The van der Waals surface area contributed by atoms with Gasteiger partial charge in [0.05, 0.1) is 10.3 Å². The highest BCUT2D eigenvalue weighted by atomic mass is 32.1. The first kappa shape index (κ1) is 13.2. The van der Waals surface area contributed by atoms with Crippen LogP contribution in [-0.2, 0) is 0 Å². The van der Waals surface area contributed by atoms with Crippen LogP contribution in [0.5, 0.6) is 5.75 Å². The number of nitro groups is 1. The molecular weight excluding hydrogens is 264 g/mol. The smallest absolute Gasteiger partial charge is 0.277 e. The summed E-state index contributed by atoms with van der Waals surface area (Å²) in [6.45, 7) is 0. The molecule has 0 N–H and O–H groups in total. The van der Waals surface area contributed by atoms with Gasteiger partial charge in [-0.05, 0) is 24.4 Å². The molecule has 19 heavy (non-hydrogen) atoms. The third-order valence-electron chi connectivity index (χ3n) is 2.62. The van der Waals surface area contributed by atoms with Gasteiger partial charge in [0.15, 0.2) is 0 Å². The molecule has 0 aliphatic heterocycles. The molecule has 0 radical (unpaired) electrons. The van der Waals surface area contributed by atoms with E-state index in [9.17, 15) is 10.1 Å². The van der Waals surface area contributed by atoms with Crippen LogP contribution in [0.4, 0.5) is 5.69 Å². The summed E-state index contributed by atoms with van der Waals surface area (Å²) in [4.78, 5) is 12.2. The second-order valence-corrected chi connectivity index (χ2v) is 4.50. The minimum Gasteiger partial charge on any atom is -0.431 e. The number of benzene rings is 2. The van der Waals surface area contributed by atoms with Crippen LogP contribution in [-0.4, -0.2) is 29.1 Å². The number of nitro benzene ring substituents is 1. The van der Waals surface area contributed by atoms with Crippen molar-refractivity contribution in [3.63, 3.8) is 0 Å². The molecule has 2 aromatic carbocycles. The lowest BCUT2D eigenvalue weighted by Crippen LogP contribution is -2.25. The van der Waals surface area contributed by atoms with Gasteiger partial charge in [0, 0.05) is 25.5 Å². The lowest BCUT2D eigenvalue weighted by molar-refractivity contribution is -0.383. The summed E-state index contributed by atoms with van der Waals surface area (Å²) in [5, 5.41) is 12.5. The molecule has 0 unspecified atom stereocenters. The summed E-state index contributed by atoms with van der Waals surface area (Å²) in [6, 6.07) is 10.0. The second-order valence-electron chi connectivity index (χ2n) is 4.15. The van der Waals surface area contributed by atoms with E-state index in [4.69, 9.17) is 17.0 Å². The lowest BCUT2D eigenvalue weighted by Gasteiger charge is -2.15. The zero-order valence-corrected chi connectivity index (χ0v) is 11.3. The number of non-ortho nitro benzene ring substituents is 1. The standard InChI is InChI=1S/C13H12N2O3S/c1-14(2)13(19)18-12-8-7-11(15(16)17)9-5-3-4-6-10(9)12/h3-8H,1-2H3. The number of rotatable bonds is 2. The Morgan fingerprint density at radius 1 is 1.21 bits per heavy atom. The first-order chi connectivity index (χ1) is 9.00. The Bertz CT molecular complexity index is 655. The van der Waals surface area contributed by atoms with Crippen molar-refractivity contribution < 1.29 is 9.66 Å². The van der Waals surface area contributed by atoms with Gasteiger partial charge >= 0.3 is 0 Å². The van der Waals surface area contributed by atoms with Gasteiger partial charge < -0.3 is 9.64 Å². The van der Waals surface area contributed by atoms with Crippen molar-refractivity contribution in [3.8, 4) is 5.75 Å². The number of nitrogens with zero attached hydrogens (tertiary/aromatic N) is 2. The second kappa shape index (κ2) is 5.19. The topological polar surface area (TPSA) is 55.6 Å². The fourth-order valence-electron chi connectivity index (χ4n) is 1.69. The molecular formula is C13H12N2O3S. The lowest BCUT2D eigenvalue weighted by atomic mass is 10.1. The van der Waals surface area contributed by atoms with Crippen molar-refractivity contribution in [3.05, 3.63) is 46.5 Å². The monoisotopic (exact) mass is 276 g/mol. The first-order valence-electron chi connectivity index (χ1n) is 5.56. The Kier molecular flexibility index (Phi) is 3.62. The van der Waals surface area contributed by atoms with E-state index in [1.54, 1.807) is 49.3 Å². The average molecular weight is 276 g/mol. The zero-order chi connectivity index (χ0) is 14.0. The molecule has 0 amide bonds. The number of hydrogen-bond acceptors (Lipinski definition) is 4. The van der Waals surface area contributed by atoms with Crippen LogP contribution in [0.25, 0.3) is 10.8 Å². The number of thiocarbonyl (C=S) groups is 1. The van der Waals surface area contributed by atoms with E-state index in [0.29, 0.717) is 21.7 Å². The molecule has 0 spiro atoms. The predicted octanol–water partition coefficient (Wildman–Crippen LogP) is 2.97. The first-order valence-corrected chi connectivity index (χ1v) is 5.97. The third-order valence-corrected chi connectivity index (χ3v) is 3.07. The van der Waals surface area contributed by atoms with Gasteiger partial charge in [0.1, 0.15) is 5.75 Å². The van der Waals surface area contributed by atoms with E-state index < -0.39 is 4.92 Å². The number of fused-ring (bicyclic) bond motifs is 1. The molecule has 0 saturated heterocycles. The van der Waals surface area contributed by atoms with Gasteiger partial charge in [-0.2, -0.15) is 0 Å². The van der Waals surface area contributed by atoms with Crippen LogP contribution in [0.1, 0.15) is 0 Å². The maximum Gasteiger partial charge on any atom is 0.277 e. The molecule has 0 atom stereocenters. The molecule has 0 heterocycles. The number of hydrogen-bond donors (Lipinski definition) is 0. The largest absolute Gasteiger partial charge is 0.431 e. The van der Waals surface area contributed by atoms with Crippen LogP contribution in [0.15, 0.2) is 36.4 Å². The predicted molar refractivity (Wildman–Crippen MR) is 77.5 cm³/mol. The Morgan fingerprint density at radius 2 is 1.84 bits per heavy atom. The van der Waals surface area contributed by atoms with Crippen molar-refractivity contribution in [2.24, 2.45) is 0 Å². The van der Waals surface area contributed by atoms with Crippen molar-refractivity contribution >= 4 is 33.9 Å². The summed E-state index contributed by atoms with van der Waals surface area (Å²) in [6.07, 6.45) is 0. The van der Waals surface area contributed by atoms with E-state index in [-0.39, 0.29) is 5.69 Å². The van der Waals surface area contributed by atoms with Crippen LogP contribution in [0.2, 0.25) is 0 Å². The van der Waals surface area contributed by atoms with Gasteiger partial charge in [-0.15, -0.1) is 0 Å². The molecule has 0 saturated carbocycles. The average Bonchev–Trinajstić information content (AvgIpc) is 2.38. The maximum absolute atomic E-state index is 11.0. The van der Waals surface area contributed by atoms with E-state index in [1.807, 2.05) is 0 Å². The molecule has 0 aromatic heterocycles. The van der Waals surface area contributed by atoms with Gasteiger partial charge in [-0.25, -0.2) is 0 Å². The highest BCUT2D eigenvalue weighted by Crippen LogP contribution is 2.32. The van der Waals surface area contributed by atoms with Crippen molar-refractivity contribution in [2.45, 2.75) is 0 Å². The highest BCUT2D eigenvalue weighted by Gasteiger charge is 2.15. The van der Waals surface area contributed by atoms with E-state index in [0.717, 1.165) is 0 Å². The highest BCUT2D eigenvalue weighted by molar-refractivity contribution is 7.80. The van der Waals surface area contributed by atoms with Crippen molar-refractivity contribution in [1.82, 2.24) is 4.90 Å². The normalized spacial score (nSPS) is 10.2. The van der Waals surface area contributed by atoms with E-state index in [2.05, 4.69) is 0 Å². The molecule has 5 nitrogen and oxygen atoms in total. The van der Waals surface area contributed by atoms with Crippen molar-refractivity contribution in [1.29, 1.82) is 0 Å². The Hall–Kier alpha value is -2.21. The summed E-state index contributed by atoms with van der Waals surface area (Å²) in [5.74, 6) is 0.514. The van der Waals surface area contributed by atoms with Gasteiger partial charge in [0.2, 0.25) is 0 Å². The summed E-state index contributed by atoms with van der Waals surface area (Å²) < 4.78 is 5.56. The fourth-order valence-corrected chi connectivity index (χ4v) is 1.78. The van der Waals surface area contributed by atoms with Crippen LogP contribution in [0, 0.1) is 10.1 Å². The maximum atomic E-state index is 11.0. The zero-order valence-electron chi connectivity index (χ0n) is 10.5. The molecule has 0 fully saturated rings. The van der Waals surface area contributed by atoms with Crippen LogP contribution >= 0.6 is 12.2 Å². The quantitative estimate of drug-likeness (QED) is 0.479. The summed E-state index contributed by atoms with van der Waals surface area (Å²) in [5.41, 5.74) is 0.0544. The van der Waals surface area contributed by atoms with E-state index >= 15 is 0 Å². The van der Waals surface area contributed by atoms with E-state index in [1.165, 1.54) is 6.07 Å². The van der Waals surface area contributed by atoms with Crippen molar-refractivity contribution in [2.75, 3.05) is 14.1 Å². The van der Waals surface area contributed by atoms with Gasteiger partial charge in [-0.1, -0.05) is 18.2 Å². The molecule has 0 bridgehead atoms. The summed E-state index contributed by atoms with van der Waals surface area (Å²) >= 11 is 5.08. The molecule has 6 heteroatoms.